The number of nitrogens with one attached hydrogen (secondary N) is 3. The fraction of sp³-hybridized carbons (Fsp3) is 0.800. The van der Waals surface area contributed by atoms with Crippen molar-refractivity contribution in [3.05, 3.63) is 0 Å². The molecule has 0 heterocycles. The molecule has 0 radical (unpaired) electrons. The molecule has 10 nitrogen and oxygen atoms in total. The first-order valence-corrected chi connectivity index (χ1v) is 11.8. The Morgan fingerprint density at radius 1 is 0.903 bits per heavy atom. The third-order valence-corrected chi connectivity index (χ3v) is 5.29. The van der Waals surface area contributed by atoms with E-state index in [0.29, 0.717) is 12.2 Å². The number of aliphatic carboxylic acids is 1. The molecule has 5 atom stereocenters. The summed E-state index contributed by atoms with van der Waals surface area (Å²) in [6.45, 7) is 8.62. The van der Waals surface area contributed by atoms with Crippen LogP contribution in [0.4, 0.5) is 0 Å². The summed E-state index contributed by atoms with van der Waals surface area (Å²) in [5, 5.41) is 26.7. The maximum atomic E-state index is 12.8. The van der Waals surface area contributed by atoms with E-state index in [1.165, 1.54) is 18.7 Å². The molecule has 0 bridgehead atoms. The van der Waals surface area contributed by atoms with E-state index in [2.05, 4.69) is 16.0 Å². The van der Waals surface area contributed by atoms with Gasteiger partial charge in [0.05, 0.1) is 12.1 Å². The molecule has 5 unspecified atom stereocenters. The van der Waals surface area contributed by atoms with Gasteiger partial charge in [0.25, 0.3) is 0 Å². The lowest BCUT2D eigenvalue weighted by atomic mass is 10.00. The predicted octanol–water partition coefficient (Wildman–Crippen LogP) is -0.311. The lowest BCUT2D eigenvalue weighted by Crippen LogP contribution is -2.60. The molecule has 0 saturated heterocycles. The second-order valence-electron chi connectivity index (χ2n) is 8.37. The van der Waals surface area contributed by atoms with Crippen LogP contribution in [0.3, 0.4) is 0 Å². The van der Waals surface area contributed by atoms with Crippen LogP contribution in [-0.4, -0.2) is 76.2 Å². The number of aliphatic hydroxyl groups excluding tert-OH is 1. The molecule has 180 valence electrons. The van der Waals surface area contributed by atoms with Gasteiger partial charge in [-0.3, -0.25) is 14.4 Å². The summed E-state index contributed by atoms with van der Waals surface area (Å²) in [6, 6.07) is -4.29. The summed E-state index contributed by atoms with van der Waals surface area (Å²) in [6.07, 6.45) is 1.02. The van der Waals surface area contributed by atoms with Gasteiger partial charge < -0.3 is 31.9 Å². The average Bonchev–Trinajstić information content (AvgIpc) is 2.66. The van der Waals surface area contributed by atoms with Gasteiger partial charge in [0.1, 0.15) is 18.1 Å². The van der Waals surface area contributed by atoms with Crippen LogP contribution in [0.2, 0.25) is 0 Å². The number of hydrogen-bond acceptors (Lipinski definition) is 7. The zero-order chi connectivity index (χ0) is 24.3. The van der Waals surface area contributed by atoms with Gasteiger partial charge >= 0.3 is 5.97 Å². The van der Waals surface area contributed by atoms with Crippen molar-refractivity contribution < 1.29 is 29.4 Å². The minimum absolute atomic E-state index is 0.0492. The molecule has 0 spiro atoms. The lowest BCUT2D eigenvalue weighted by Gasteiger charge is -2.27. The normalized spacial score (nSPS) is 16.2. The number of nitrogens with two attached hydrogens (primary N) is 1. The van der Waals surface area contributed by atoms with E-state index in [-0.39, 0.29) is 18.3 Å². The quantitative estimate of drug-likeness (QED) is 0.204. The standard InChI is InChI=1S/C20H38N4O6S/c1-10(2)9-14(23-18(27)15(21)11(3)4)17(26)24-16(12(5)25)19(28)22-13(20(29)30)7-8-31-6/h10-16,25H,7-9,21H2,1-6H3,(H,22,28)(H,23,27)(H,24,26)(H,29,30). The van der Waals surface area contributed by atoms with Gasteiger partial charge in [0, 0.05) is 0 Å². The molecule has 0 rings (SSSR count). The van der Waals surface area contributed by atoms with E-state index in [1.807, 2.05) is 20.1 Å². The molecule has 0 aromatic rings. The highest BCUT2D eigenvalue weighted by Crippen LogP contribution is 2.08. The average molecular weight is 463 g/mol. The Labute approximate surface area is 188 Å². The Balaban J connectivity index is 5.39. The van der Waals surface area contributed by atoms with Gasteiger partial charge in [-0.15, -0.1) is 0 Å². The Morgan fingerprint density at radius 3 is 1.87 bits per heavy atom. The second-order valence-corrected chi connectivity index (χ2v) is 9.35. The number of carbonyl (C=O) groups excluding carboxylic acids is 3. The Bertz CT molecular complexity index is 614. The number of amides is 3. The fourth-order valence-electron chi connectivity index (χ4n) is 2.69. The summed E-state index contributed by atoms with van der Waals surface area (Å²) in [5.41, 5.74) is 5.85. The SMILES string of the molecule is CSCCC(NC(=O)C(NC(=O)C(CC(C)C)NC(=O)C(N)C(C)C)C(C)O)C(=O)O. The largest absolute Gasteiger partial charge is 0.480 e. The van der Waals surface area contributed by atoms with E-state index in [1.54, 1.807) is 13.8 Å². The molecule has 11 heteroatoms. The minimum Gasteiger partial charge on any atom is -0.480 e. The highest BCUT2D eigenvalue weighted by Gasteiger charge is 2.33. The van der Waals surface area contributed by atoms with Crippen molar-refractivity contribution in [2.24, 2.45) is 17.6 Å². The Hall–Kier alpha value is -1.85. The van der Waals surface area contributed by atoms with Crippen molar-refractivity contribution in [2.45, 2.75) is 77.7 Å². The molecule has 0 saturated carbocycles. The zero-order valence-corrected chi connectivity index (χ0v) is 20.0. The monoisotopic (exact) mass is 462 g/mol. The Morgan fingerprint density at radius 2 is 1.45 bits per heavy atom. The van der Waals surface area contributed by atoms with Crippen LogP contribution >= 0.6 is 11.8 Å². The smallest absolute Gasteiger partial charge is 0.326 e. The molecule has 0 aromatic carbocycles. The minimum atomic E-state index is -1.38. The van der Waals surface area contributed by atoms with Gasteiger partial charge in [0.15, 0.2) is 0 Å². The van der Waals surface area contributed by atoms with Crippen molar-refractivity contribution in [1.29, 1.82) is 0 Å². The second kappa shape index (κ2) is 14.3. The van der Waals surface area contributed by atoms with Crippen molar-refractivity contribution >= 4 is 35.5 Å². The number of carbonyl (C=O) groups is 4. The molecular formula is C20H38N4O6S. The van der Waals surface area contributed by atoms with E-state index < -0.39 is 54.0 Å². The highest BCUT2D eigenvalue weighted by molar-refractivity contribution is 7.98. The van der Waals surface area contributed by atoms with Crippen molar-refractivity contribution in [2.75, 3.05) is 12.0 Å². The van der Waals surface area contributed by atoms with Crippen LogP contribution in [0.5, 0.6) is 0 Å². The highest BCUT2D eigenvalue weighted by atomic mass is 32.2. The summed E-state index contributed by atoms with van der Waals surface area (Å²) in [4.78, 5) is 49.2. The first kappa shape index (κ1) is 29.1. The topological polar surface area (TPSA) is 171 Å². The van der Waals surface area contributed by atoms with E-state index >= 15 is 0 Å². The van der Waals surface area contributed by atoms with Gasteiger partial charge in [-0.05, 0) is 43.6 Å². The maximum absolute atomic E-state index is 12.8. The van der Waals surface area contributed by atoms with Crippen LogP contribution in [0.1, 0.15) is 47.5 Å². The molecule has 7 N–H and O–H groups in total. The number of thioether (sulfide) groups is 1. The summed E-state index contributed by atoms with van der Waals surface area (Å²) in [5.74, 6) is -2.73. The third kappa shape index (κ3) is 10.8. The van der Waals surface area contributed by atoms with Crippen LogP contribution in [-0.2, 0) is 19.2 Å². The Kier molecular flexibility index (Phi) is 13.4. The van der Waals surface area contributed by atoms with Gasteiger partial charge in [-0.2, -0.15) is 11.8 Å². The van der Waals surface area contributed by atoms with Crippen LogP contribution in [0.25, 0.3) is 0 Å². The van der Waals surface area contributed by atoms with Crippen LogP contribution < -0.4 is 21.7 Å². The zero-order valence-electron chi connectivity index (χ0n) is 19.2. The molecular weight excluding hydrogens is 424 g/mol. The maximum Gasteiger partial charge on any atom is 0.326 e. The van der Waals surface area contributed by atoms with Gasteiger partial charge in [-0.1, -0.05) is 27.7 Å². The van der Waals surface area contributed by atoms with E-state index in [4.69, 9.17) is 5.73 Å². The first-order valence-electron chi connectivity index (χ1n) is 10.4. The van der Waals surface area contributed by atoms with Gasteiger partial charge in [0.2, 0.25) is 17.7 Å². The van der Waals surface area contributed by atoms with Crippen molar-refractivity contribution in [3.63, 3.8) is 0 Å². The number of carboxylic acids is 1. The van der Waals surface area contributed by atoms with E-state index in [9.17, 15) is 29.4 Å². The van der Waals surface area contributed by atoms with E-state index in [0.717, 1.165) is 0 Å². The summed E-state index contributed by atoms with van der Waals surface area (Å²) >= 11 is 1.44. The van der Waals surface area contributed by atoms with Crippen LogP contribution in [0, 0.1) is 11.8 Å². The number of aliphatic hydroxyl groups is 1. The van der Waals surface area contributed by atoms with Crippen LogP contribution in [0.15, 0.2) is 0 Å². The molecule has 0 fully saturated rings. The van der Waals surface area contributed by atoms with Crippen molar-refractivity contribution in [1.82, 2.24) is 16.0 Å². The molecule has 31 heavy (non-hydrogen) atoms. The molecule has 0 aliphatic heterocycles. The molecule has 3 amide bonds. The number of carboxylic acid groups (broad SMARTS) is 1. The molecule has 0 aliphatic carbocycles. The molecule has 0 aromatic heterocycles. The third-order valence-electron chi connectivity index (χ3n) is 4.65. The molecule has 0 aliphatic rings. The summed E-state index contributed by atoms with van der Waals surface area (Å²) in [7, 11) is 0. The predicted molar refractivity (Wildman–Crippen MR) is 120 cm³/mol. The first-order chi connectivity index (χ1) is 14.3. The van der Waals surface area contributed by atoms with Gasteiger partial charge in [-0.25, -0.2) is 4.79 Å². The summed E-state index contributed by atoms with van der Waals surface area (Å²) < 4.78 is 0. The number of hydrogen-bond donors (Lipinski definition) is 6. The number of rotatable bonds is 14. The fourth-order valence-corrected chi connectivity index (χ4v) is 3.16. The van der Waals surface area contributed by atoms with Crippen molar-refractivity contribution in [3.8, 4) is 0 Å². The lowest BCUT2D eigenvalue weighted by molar-refractivity contribution is -0.143.